The average Bonchev–Trinajstić information content (AvgIpc) is 2.84. The zero-order chi connectivity index (χ0) is 15.5. The highest BCUT2D eigenvalue weighted by Crippen LogP contribution is 2.25. The Bertz CT molecular complexity index is 725. The fraction of sp³-hybridized carbons (Fsp3) is 0.308. The number of ether oxygens (including phenoxy) is 1. The first kappa shape index (κ1) is 15.3. The molecule has 0 aliphatic rings. The molecule has 0 bridgehead atoms. The van der Waals surface area contributed by atoms with Gasteiger partial charge in [0.05, 0.1) is 7.11 Å². The molecule has 114 valence electrons. The maximum atomic E-state index is 12.3. The summed E-state index contributed by atoms with van der Waals surface area (Å²) in [6, 6.07) is 6.28. The molecule has 0 fully saturated rings. The Morgan fingerprint density at radius 3 is 2.76 bits per heavy atom. The van der Waals surface area contributed by atoms with E-state index in [1.165, 1.54) is 25.3 Å². The van der Waals surface area contributed by atoms with E-state index in [9.17, 15) is 8.42 Å². The molecule has 1 heterocycles. The van der Waals surface area contributed by atoms with E-state index in [0.29, 0.717) is 12.1 Å². The van der Waals surface area contributed by atoms with Crippen molar-refractivity contribution < 1.29 is 13.2 Å². The summed E-state index contributed by atoms with van der Waals surface area (Å²) >= 11 is 0. The van der Waals surface area contributed by atoms with E-state index in [1.807, 2.05) is 13.1 Å². The van der Waals surface area contributed by atoms with E-state index >= 15 is 0 Å². The lowest BCUT2D eigenvalue weighted by molar-refractivity contribution is 0.402. The maximum Gasteiger partial charge on any atom is 0.244 e. The Morgan fingerprint density at radius 2 is 2.14 bits per heavy atom. The number of anilines is 1. The van der Waals surface area contributed by atoms with Gasteiger partial charge in [-0.2, -0.15) is 5.10 Å². The number of hydrogen-bond donors (Lipinski definition) is 2. The van der Waals surface area contributed by atoms with Gasteiger partial charge in [-0.1, -0.05) is 0 Å². The Kier molecular flexibility index (Phi) is 4.49. The van der Waals surface area contributed by atoms with Gasteiger partial charge < -0.3 is 10.5 Å². The van der Waals surface area contributed by atoms with Crippen LogP contribution in [-0.4, -0.2) is 31.9 Å². The molecule has 0 aliphatic heterocycles. The number of methoxy groups -OCH3 is 1. The van der Waals surface area contributed by atoms with E-state index in [4.69, 9.17) is 10.5 Å². The van der Waals surface area contributed by atoms with Crippen LogP contribution in [0.2, 0.25) is 0 Å². The van der Waals surface area contributed by atoms with Gasteiger partial charge in [-0.3, -0.25) is 4.68 Å². The fourth-order valence-electron chi connectivity index (χ4n) is 1.94. The van der Waals surface area contributed by atoms with Crippen LogP contribution in [-0.2, 0) is 23.5 Å². The van der Waals surface area contributed by atoms with Gasteiger partial charge in [-0.15, -0.1) is 0 Å². The number of sulfonamides is 1. The van der Waals surface area contributed by atoms with Crippen LogP contribution in [0.1, 0.15) is 5.69 Å². The quantitative estimate of drug-likeness (QED) is 0.758. The van der Waals surface area contributed by atoms with Crippen molar-refractivity contribution in [1.29, 1.82) is 0 Å². The van der Waals surface area contributed by atoms with Gasteiger partial charge in [-0.25, -0.2) is 13.1 Å². The number of hydrogen-bond acceptors (Lipinski definition) is 5. The SMILES string of the molecule is COc1cc(N)ccc1S(=O)(=O)NCCc1ccnn1C. The first-order chi connectivity index (χ1) is 9.94. The van der Waals surface area contributed by atoms with Gasteiger partial charge in [0.2, 0.25) is 10.0 Å². The van der Waals surface area contributed by atoms with Crippen LogP contribution < -0.4 is 15.2 Å². The highest BCUT2D eigenvalue weighted by atomic mass is 32.2. The Labute approximate surface area is 123 Å². The molecule has 0 radical (unpaired) electrons. The van der Waals surface area contributed by atoms with E-state index in [1.54, 1.807) is 10.9 Å². The van der Waals surface area contributed by atoms with E-state index in [2.05, 4.69) is 9.82 Å². The third-order valence-corrected chi connectivity index (χ3v) is 4.57. The molecule has 0 saturated carbocycles. The van der Waals surface area contributed by atoms with Crippen molar-refractivity contribution in [3.63, 3.8) is 0 Å². The van der Waals surface area contributed by atoms with E-state index in [0.717, 1.165) is 5.69 Å². The summed E-state index contributed by atoms with van der Waals surface area (Å²) < 4.78 is 33.9. The van der Waals surface area contributed by atoms with Crippen LogP contribution >= 0.6 is 0 Å². The van der Waals surface area contributed by atoms with Crippen LogP contribution in [0.25, 0.3) is 0 Å². The zero-order valence-corrected chi connectivity index (χ0v) is 12.7. The fourth-order valence-corrected chi connectivity index (χ4v) is 3.12. The second-order valence-electron chi connectivity index (χ2n) is 4.50. The number of aryl methyl sites for hydroxylation is 1. The van der Waals surface area contributed by atoms with Crippen molar-refractivity contribution in [2.75, 3.05) is 19.4 Å². The molecule has 1 aromatic heterocycles. The normalized spacial score (nSPS) is 11.5. The number of benzene rings is 1. The predicted octanol–water partition coefficient (Wildman–Crippen LogP) is 0.532. The van der Waals surface area contributed by atoms with Gasteiger partial charge in [0.1, 0.15) is 10.6 Å². The van der Waals surface area contributed by atoms with Crippen molar-refractivity contribution >= 4 is 15.7 Å². The molecule has 1 aromatic carbocycles. The van der Waals surface area contributed by atoms with Crippen LogP contribution in [0.4, 0.5) is 5.69 Å². The number of aromatic nitrogens is 2. The van der Waals surface area contributed by atoms with Gasteiger partial charge >= 0.3 is 0 Å². The highest BCUT2D eigenvalue weighted by Gasteiger charge is 2.19. The molecule has 0 amide bonds. The molecule has 3 N–H and O–H groups in total. The van der Waals surface area contributed by atoms with Crippen LogP contribution in [0.3, 0.4) is 0 Å². The van der Waals surface area contributed by atoms with Gasteiger partial charge in [0, 0.05) is 43.7 Å². The smallest absolute Gasteiger partial charge is 0.244 e. The molecule has 8 heteroatoms. The summed E-state index contributed by atoms with van der Waals surface area (Å²) in [5.74, 6) is 0.225. The third kappa shape index (κ3) is 3.53. The summed E-state index contributed by atoms with van der Waals surface area (Å²) in [5, 5.41) is 4.03. The minimum Gasteiger partial charge on any atom is -0.495 e. The first-order valence-electron chi connectivity index (χ1n) is 6.34. The lowest BCUT2D eigenvalue weighted by Crippen LogP contribution is -2.27. The van der Waals surface area contributed by atoms with Crippen LogP contribution in [0.15, 0.2) is 35.4 Å². The van der Waals surface area contributed by atoms with E-state index < -0.39 is 10.0 Å². The number of nitrogens with two attached hydrogens (primary N) is 1. The number of nitrogen functional groups attached to an aromatic ring is 1. The Balaban J connectivity index is 2.10. The second kappa shape index (κ2) is 6.15. The zero-order valence-electron chi connectivity index (χ0n) is 11.9. The van der Waals surface area contributed by atoms with Crippen molar-refractivity contribution in [3.8, 4) is 5.75 Å². The maximum absolute atomic E-state index is 12.3. The molecule has 7 nitrogen and oxygen atoms in total. The number of nitrogens with one attached hydrogen (secondary N) is 1. The van der Waals surface area contributed by atoms with Crippen molar-refractivity contribution in [2.24, 2.45) is 7.05 Å². The number of rotatable bonds is 6. The highest BCUT2D eigenvalue weighted by molar-refractivity contribution is 7.89. The lowest BCUT2D eigenvalue weighted by atomic mass is 10.3. The standard InChI is InChI=1S/C13H18N4O3S/c1-17-11(5-7-15-17)6-8-16-21(18,19)13-4-3-10(14)9-12(13)20-2/h3-5,7,9,16H,6,8,14H2,1-2H3. The molecule has 0 aliphatic carbocycles. The van der Waals surface area contributed by atoms with E-state index in [-0.39, 0.29) is 17.2 Å². The summed E-state index contributed by atoms with van der Waals surface area (Å²) in [6.45, 7) is 0.273. The van der Waals surface area contributed by atoms with Crippen molar-refractivity contribution in [2.45, 2.75) is 11.3 Å². The van der Waals surface area contributed by atoms with Gasteiger partial charge in [0.25, 0.3) is 0 Å². The molecular weight excluding hydrogens is 292 g/mol. The Morgan fingerprint density at radius 1 is 1.38 bits per heavy atom. The second-order valence-corrected chi connectivity index (χ2v) is 6.24. The molecule has 0 atom stereocenters. The Hall–Kier alpha value is -2.06. The summed E-state index contributed by atoms with van der Waals surface area (Å²) in [7, 11) is -0.428. The van der Waals surface area contributed by atoms with Gasteiger partial charge in [0.15, 0.2) is 0 Å². The minimum absolute atomic E-state index is 0.0733. The van der Waals surface area contributed by atoms with Crippen molar-refractivity contribution in [1.82, 2.24) is 14.5 Å². The largest absolute Gasteiger partial charge is 0.495 e. The summed E-state index contributed by atoms with van der Waals surface area (Å²) in [4.78, 5) is 0.0733. The molecule has 2 rings (SSSR count). The van der Waals surface area contributed by atoms with Gasteiger partial charge in [-0.05, 0) is 18.2 Å². The molecular formula is C13H18N4O3S. The molecule has 0 unspecified atom stereocenters. The van der Waals surface area contributed by atoms with Crippen molar-refractivity contribution in [3.05, 3.63) is 36.2 Å². The molecule has 2 aromatic rings. The third-order valence-electron chi connectivity index (χ3n) is 3.07. The predicted molar refractivity (Wildman–Crippen MR) is 79.5 cm³/mol. The molecule has 0 spiro atoms. The lowest BCUT2D eigenvalue weighted by Gasteiger charge is -2.11. The molecule has 21 heavy (non-hydrogen) atoms. The monoisotopic (exact) mass is 310 g/mol. The number of nitrogens with zero attached hydrogens (tertiary/aromatic N) is 2. The molecule has 0 saturated heterocycles. The summed E-state index contributed by atoms with van der Waals surface area (Å²) in [5.41, 5.74) is 7.01. The van der Waals surface area contributed by atoms with Crippen LogP contribution in [0.5, 0.6) is 5.75 Å². The van der Waals surface area contributed by atoms with Crippen LogP contribution in [0, 0.1) is 0 Å². The summed E-state index contributed by atoms with van der Waals surface area (Å²) in [6.07, 6.45) is 2.22. The topological polar surface area (TPSA) is 99.2 Å². The first-order valence-corrected chi connectivity index (χ1v) is 7.82. The minimum atomic E-state index is -3.65. The average molecular weight is 310 g/mol.